The molecule has 0 aliphatic rings. The standard InChI is InChI=1S/C16H15Cl2NO2/c1-9-4-3-5-10(2)14(9)19-16(21)15(20)11-6-12(17)8-13(18)7-11/h3-8,15,20H,1-2H3,(H,19,21). The Morgan fingerprint density at radius 2 is 1.62 bits per heavy atom. The van der Waals surface area contributed by atoms with E-state index in [0.29, 0.717) is 21.3 Å². The van der Waals surface area contributed by atoms with Gasteiger partial charge in [0.15, 0.2) is 6.10 Å². The van der Waals surface area contributed by atoms with Crippen molar-refractivity contribution in [3.05, 3.63) is 63.1 Å². The van der Waals surface area contributed by atoms with Gasteiger partial charge in [0, 0.05) is 15.7 Å². The summed E-state index contributed by atoms with van der Waals surface area (Å²) in [6.45, 7) is 3.79. The number of nitrogens with one attached hydrogen (secondary N) is 1. The van der Waals surface area contributed by atoms with Gasteiger partial charge < -0.3 is 10.4 Å². The zero-order valence-corrected chi connectivity index (χ0v) is 13.2. The van der Waals surface area contributed by atoms with Gasteiger partial charge in [-0.3, -0.25) is 4.79 Å². The number of aliphatic hydroxyl groups excluding tert-OH is 1. The van der Waals surface area contributed by atoms with Crippen LogP contribution in [-0.2, 0) is 4.79 Å². The molecule has 2 aromatic carbocycles. The number of hydrogen-bond acceptors (Lipinski definition) is 2. The van der Waals surface area contributed by atoms with Crippen LogP contribution in [0.3, 0.4) is 0 Å². The van der Waals surface area contributed by atoms with Gasteiger partial charge in [0.2, 0.25) is 0 Å². The number of aryl methyl sites for hydroxylation is 2. The highest BCUT2D eigenvalue weighted by Crippen LogP contribution is 2.26. The molecule has 1 amide bonds. The van der Waals surface area contributed by atoms with Gasteiger partial charge in [-0.05, 0) is 48.7 Å². The minimum absolute atomic E-state index is 0.358. The van der Waals surface area contributed by atoms with Gasteiger partial charge in [-0.1, -0.05) is 41.4 Å². The van der Waals surface area contributed by atoms with Crippen LogP contribution in [0, 0.1) is 13.8 Å². The average Bonchev–Trinajstić information content (AvgIpc) is 2.41. The van der Waals surface area contributed by atoms with Crippen molar-refractivity contribution >= 4 is 34.8 Å². The van der Waals surface area contributed by atoms with Crippen LogP contribution in [0.5, 0.6) is 0 Å². The highest BCUT2D eigenvalue weighted by Gasteiger charge is 2.19. The fourth-order valence-corrected chi connectivity index (χ4v) is 2.63. The van der Waals surface area contributed by atoms with Crippen molar-refractivity contribution in [3.63, 3.8) is 0 Å². The second kappa shape index (κ2) is 6.48. The summed E-state index contributed by atoms with van der Waals surface area (Å²) < 4.78 is 0. The Morgan fingerprint density at radius 3 is 2.14 bits per heavy atom. The van der Waals surface area contributed by atoms with E-state index in [2.05, 4.69) is 5.32 Å². The quantitative estimate of drug-likeness (QED) is 0.885. The molecule has 0 heterocycles. The second-order valence-corrected chi connectivity index (χ2v) is 5.73. The van der Waals surface area contributed by atoms with Crippen LogP contribution in [0.15, 0.2) is 36.4 Å². The number of amides is 1. The number of hydrogen-bond donors (Lipinski definition) is 2. The molecule has 0 fully saturated rings. The van der Waals surface area contributed by atoms with Crippen LogP contribution >= 0.6 is 23.2 Å². The molecule has 0 aliphatic heterocycles. The summed E-state index contributed by atoms with van der Waals surface area (Å²) in [5.74, 6) is -0.522. The summed E-state index contributed by atoms with van der Waals surface area (Å²) in [6, 6.07) is 10.3. The van der Waals surface area contributed by atoms with E-state index in [4.69, 9.17) is 23.2 Å². The summed E-state index contributed by atoms with van der Waals surface area (Å²) in [7, 11) is 0. The number of rotatable bonds is 3. The fourth-order valence-electron chi connectivity index (χ4n) is 2.09. The number of benzene rings is 2. The summed E-state index contributed by atoms with van der Waals surface area (Å²) >= 11 is 11.8. The number of aliphatic hydroxyl groups is 1. The van der Waals surface area contributed by atoms with E-state index in [9.17, 15) is 9.90 Å². The van der Waals surface area contributed by atoms with Crippen LogP contribution in [0.25, 0.3) is 0 Å². The SMILES string of the molecule is Cc1cccc(C)c1NC(=O)C(O)c1cc(Cl)cc(Cl)c1. The van der Waals surface area contributed by atoms with Gasteiger partial charge in [0.05, 0.1) is 0 Å². The topological polar surface area (TPSA) is 49.3 Å². The van der Waals surface area contributed by atoms with Crippen molar-refractivity contribution in [1.82, 2.24) is 0 Å². The summed E-state index contributed by atoms with van der Waals surface area (Å²) in [5, 5.41) is 13.6. The first-order chi connectivity index (χ1) is 9.88. The van der Waals surface area contributed by atoms with Gasteiger partial charge >= 0.3 is 0 Å². The molecule has 3 nitrogen and oxygen atoms in total. The predicted octanol–water partition coefficient (Wildman–Crippen LogP) is 4.28. The third-order valence-corrected chi connectivity index (χ3v) is 3.61. The van der Waals surface area contributed by atoms with E-state index in [1.54, 1.807) is 6.07 Å². The molecule has 0 spiro atoms. The molecule has 0 aliphatic carbocycles. The molecule has 1 unspecified atom stereocenters. The fraction of sp³-hybridized carbons (Fsp3) is 0.188. The summed E-state index contributed by atoms with van der Waals surface area (Å²) in [5.41, 5.74) is 2.92. The maximum atomic E-state index is 12.2. The van der Waals surface area contributed by atoms with E-state index in [1.165, 1.54) is 12.1 Å². The van der Waals surface area contributed by atoms with E-state index in [1.807, 2.05) is 32.0 Å². The molecule has 2 N–H and O–H groups in total. The average molecular weight is 324 g/mol. The Morgan fingerprint density at radius 1 is 1.10 bits per heavy atom. The molecule has 1 atom stereocenters. The largest absolute Gasteiger partial charge is 0.378 e. The second-order valence-electron chi connectivity index (χ2n) is 4.86. The Balaban J connectivity index is 2.24. The molecule has 0 bridgehead atoms. The third-order valence-electron chi connectivity index (χ3n) is 3.18. The highest BCUT2D eigenvalue weighted by atomic mass is 35.5. The smallest absolute Gasteiger partial charge is 0.257 e. The Labute approximate surface area is 133 Å². The molecule has 110 valence electrons. The normalized spacial score (nSPS) is 12.0. The molecule has 2 rings (SSSR count). The van der Waals surface area contributed by atoms with Gasteiger partial charge in [-0.15, -0.1) is 0 Å². The summed E-state index contributed by atoms with van der Waals surface area (Å²) in [6.07, 6.45) is -1.33. The summed E-state index contributed by atoms with van der Waals surface area (Å²) in [4.78, 5) is 12.2. The lowest BCUT2D eigenvalue weighted by Crippen LogP contribution is -2.21. The minimum Gasteiger partial charge on any atom is -0.378 e. The molecule has 2 aromatic rings. The van der Waals surface area contributed by atoms with Gasteiger partial charge in [-0.25, -0.2) is 0 Å². The van der Waals surface area contributed by atoms with Crippen molar-refractivity contribution in [2.75, 3.05) is 5.32 Å². The first-order valence-electron chi connectivity index (χ1n) is 6.39. The lowest BCUT2D eigenvalue weighted by atomic mass is 10.1. The first kappa shape index (κ1) is 15.8. The Kier molecular flexibility index (Phi) is 4.88. The molecular formula is C16H15Cl2NO2. The van der Waals surface area contributed by atoms with E-state index in [0.717, 1.165) is 11.1 Å². The lowest BCUT2D eigenvalue weighted by Gasteiger charge is -2.15. The van der Waals surface area contributed by atoms with Crippen LogP contribution in [0.1, 0.15) is 22.8 Å². The number of carbonyl (C=O) groups excluding carboxylic acids is 1. The van der Waals surface area contributed by atoms with E-state index >= 15 is 0 Å². The van der Waals surface area contributed by atoms with Crippen molar-refractivity contribution in [2.45, 2.75) is 20.0 Å². The molecule has 0 aromatic heterocycles. The number of para-hydroxylation sites is 1. The molecule has 21 heavy (non-hydrogen) atoms. The van der Waals surface area contributed by atoms with Crippen LogP contribution in [0.2, 0.25) is 10.0 Å². The first-order valence-corrected chi connectivity index (χ1v) is 7.15. The van der Waals surface area contributed by atoms with Crippen molar-refractivity contribution in [2.24, 2.45) is 0 Å². The van der Waals surface area contributed by atoms with Gasteiger partial charge in [0.25, 0.3) is 5.91 Å². The van der Waals surface area contributed by atoms with Crippen LogP contribution in [-0.4, -0.2) is 11.0 Å². The molecule has 0 radical (unpaired) electrons. The highest BCUT2D eigenvalue weighted by molar-refractivity contribution is 6.34. The molecular weight excluding hydrogens is 309 g/mol. The van der Waals surface area contributed by atoms with E-state index in [-0.39, 0.29) is 0 Å². The predicted molar refractivity (Wildman–Crippen MR) is 86.0 cm³/mol. The van der Waals surface area contributed by atoms with Crippen molar-refractivity contribution < 1.29 is 9.90 Å². The maximum absolute atomic E-state index is 12.2. The number of carbonyl (C=O) groups is 1. The monoisotopic (exact) mass is 323 g/mol. The number of halogens is 2. The van der Waals surface area contributed by atoms with E-state index < -0.39 is 12.0 Å². The Hall–Kier alpha value is -1.55. The van der Waals surface area contributed by atoms with Crippen LogP contribution < -0.4 is 5.32 Å². The zero-order valence-electron chi connectivity index (χ0n) is 11.7. The molecule has 0 saturated heterocycles. The van der Waals surface area contributed by atoms with Crippen molar-refractivity contribution in [1.29, 1.82) is 0 Å². The van der Waals surface area contributed by atoms with Crippen LogP contribution in [0.4, 0.5) is 5.69 Å². The van der Waals surface area contributed by atoms with Gasteiger partial charge in [0.1, 0.15) is 0 Å². The number of anilines is 1. The van der Waals surface area contributed by atoms with Gasteiger partial charge in [-0.2, -0.15) is 0 Å². The zero-order chi connectivity index (χ0) is 15.6. The molecule has 0 saturated carbocycles. The maximum Gasteiger partial charge on any atom is 0.257 e. The minimum atomic E-state index is -1.33. The third kappa shape index (κ3) is 3.76. The molecule has 5 heteroatoms. The Bertz CT molecular complexity index is 645. The van der Waals surface area contributed by atoms with Crippen molar-refractivity contribution in [3.8, 4) is 0 Å². The lowest BCUT2D eigenvalue weighted by molar-refractivity contribution is -0.124.